The van der Waals surface area contributed by atoms with Crippen LogP contribution < -0.4 is 10.5 Å². The highest BCUT2D eigenvalue weighted by molar-refractivity contribution is 5.97. The normalized spacial score (nSPS) is 11.2. The van der Waals surface area contributed by atoms with E-state index in [1.807, 2.05) is 0 Å². The lowest BCUT2D eigenvalue weighted by Crippen LogP contribution is -2.13. The first-order chi connectivity index (χ1) is 9.77. The van der Waals surface area contributed by atoms with Crippen molar-refractivity contribution in [1.29, 1.82) is 5.41 Å². The second-order valence-electron chi connectivity index (χ2n) is 4.34. The molecule has 0 atom stereocenters. The van der Waals surface area contributed by atoms with Crippen LogP contribution in [0, 0.1) is 12.3 Å². The zero-order valence-electron chi connectivity index (χ0n) is 11.0. The summed E-state index contributed by atoms with van der Waals surface area (Å²) in [6, 6.07) is 7.45. The van der Waals surface area contributed by atoms with Gasteiger partial charge in [0.15, 0.2) is 0 Å². The zero-order chi connectivity index (χ0) is 15.6. The van der Waals surface area contributed by atoms with Crippen molar-refractivity contribution in [3.63, 3.8) is 0 Å². The molecule has 0 radical (unpaired) electrons. The number of aryl methyl sites for hydroxylation is 1. The van der Waals surface area contributed by atoms with Crippen LogP contribution in [-0.4, -0.2) is 10.8 Å². The molecule has 0 bridgehead atoms. The number of aromatic nitrogens is 1. The number of amidine groups is 1. The van der Waals surface area contributed by atoms with Gasteiger partial charge >= 0.3 is 6.18 Å². The van der Waals surface area contributed by atoms with E-state index in [-0.39, 0.29) is 23.0 Å². The summed E-state index contributed by atoms with van der Waals surface area (Å²) in [5.74, 6) is 0.0373. The predicted molar refractivity (Wildman–Crippen MR) is 71.5 cm³/mol. The molecule has 110 valence electrons. The third-order valence-electron chi connectivity index (χ3n) is 2.69. The summed E-state index contributed by atoms with van der Waals surface area (Å²) in [7, 11) is 0. The minimum atomic E-state index is -4.40. The maximum Gasteiger partial charge on any atom is 0.416 e. The molecule has 0 aliphatic carbocycles. The zero-order valence-corrected chi connectivity index (χ0v) is 11.0. The van der Waals surface area contributed by atoms with Crippen LogP contribution in [0.25, 0.3) is 0 Å². The molecule has 21 heavy (non-hydrogen) atoms. The minimum Gasteiger partial charge on any atom is -0.438 e. The van der Waals surface area contributed by atoms with Gasteiger partial charge in [0.2, 0.25) is 5.88 Å². The number of rotatable bonds is 3. The van der Waals surface area contributed by atoms with Crippen LogP contribution in [0.2, 0.25) is 0 Å². The van der Waals surface area contributed by atoms with E-state index in [1.54, 1.807) is 19.1 Å². The summed E-state index contributed by atoms with van der Waals surface area (Å²) in [6.07, 6.45) is -4.40. The molecule has 0 saturated carbocycles. The van der Waals surface area contributed by atoms with E-state index < -0.39 is 11.7 Å². The van der Waals surface area contributed by atoms with Gasteiger partial charge in [0.25, 0.3) is 0 Å². The van der Waals surface area contributed by atoms with Crippen molar-refractivity contribution in [2.75, 3.05) is 0 Å². The Balaban J connectivity index is 2.30. The van der Waals surface area contributed by atoms with E-state index in [9.17, 15) is 13.2 Å². The molecular weight excluding hydrogens is 283 g/mol. The summed E-state index contributed by atoms with van der Waals surface area (Å²) in [4.78, 5) is 4.10. The Morgan fingerprint density at radius 1 is 1.14 bits per heavy atom. The van der Waals surface area contributed by atoms with Gasteiger partial charge in [-0.15, -0.1) is 0 Å². The van der Waals surface area contributed by atoms with Crippen molar-refractivity contribution >= 4 is 5.84 Å². The van der Waals surface area contributed by atoms with Crippen LogP contribution in [0.4, 0.5) is 13.2 Å². The van der Waals surface area contributed by atoms with Crippen molar-refractivity contribution in [3.8, 4) is 11.6 Å². The van der Waals surface area contributed by atoms with Crippen molar-refractivity contribution < 1.29 is 17.9 Å². The Hall–Kier alpha value is -2.57. The molecule has 1 aromatic carbocycles. The molecule has 1 heterocycles. The Morgan fingerprint density at radius 2 is 1.76 bits per heavy atom. The first-order valence-corrected chi connectivity index (χ1v) is 5.94. The molecule has 0 fully saturated rings. The van der Waals surface area contributed by atoms with Gasteiger partial charge in [0.1, 0.15) is 11.6 Å². The van der Waals surface area contributed by atoms with Crippen molar-refractivity contribution in [3.05, 3.63) is 53.2 Å². The molecule has 0 amide bonds. The summed E-state index contributed by atoms with van der Waals surface area (Å²) >= 11 is 0. The summed E-state index contributed by atoms with van der Waals surface area (Å²) in [5, 5.41) is 7.44. The molecule has 2 aromatic rings. The highest BCUT2D eigenvalue weighted by atomic mass is 19.4. The first kappa shape index (κ1) is 14.8. The van der Waals surface area contributed by atoms with Gasteiger partial charge in [-0.3, -0.25) is 5.41 Å². The third kappa shape index (κ3) is 3.50. The van der Waals surface area contributed by atoms with E-state index in [2.05, 4.69) is 4.98 Å². The molecule has 2 rings (SSSR count). The van der Waals surface area contributed by atoms with Gasteiger partial charge in [-0.1, -0.05) is 0 Å². The number of hydrogen-bond donors (Lipinski definition) is 2. The number of pyridine rings is 1. The third-order valence-corrected chi connectivity index (χ3v) is 2.69. The molecule has 0 unspecified atom stereocenters. The Bertz CT molecular complexity index is 666. The number of halogens is 3. The SMILES string of the molecule is Cc1ccc(C(=N)N)c(Oc2ccc(C(F)(F)F)cc2)n1. The van der Waals surface area contributed by atoms with E-state index in [4.69, 9.17) is 15.9 Å². The molecule has 7 heteroatoms. The molecule has 0 spiro atoms. The quantitative estimate of drug-likeness (QED) is 0.672. The number of nitrogens with one attached hydrogen (secondary N) is 1. The van der Waals surface area contributed by atoms with Crippen molar-refractivity contribution in [2.45, 2.75) is 13.1 Å². The van der Waals surface area contributed by atoms with Crippen LogP contribution in [0.3, 0.4) is 0 Å². The fraction of sp³-hybridized carbons (Fsp3) is 0.143. The lowest BCUT2D eigenvalue weighted by atomic mass is 10.2. The highest BCUT2D eigenvalue weighted by Gasteiger charge is 2.30. The molecule has 0 aliphatic rings. The van der Waals surface area contributed by atoms with Crippen LogP contribution in [0.1, 0.15) is 16.8 Å². The van der Waals surface area contributed by atoms with Crippen LogP contribution in [0.15, 0.2) is 36.4 Å². The monoisotopic (exact) mass is 295 g/mol. The van der Waals surface area contributed by atoms with Gasteiger partial charge in [0.05, 0.1) is 11.1 Å². The molecular formula is C14H12F3N3O. The largest absolute Gasteiger partial charge is 0.438 e. The maximum atomic E-state index is 12.5. The lowest BCUT2D eigenvalue weighted by Gasteiger charge is -2.11. The van der Waals surface area contributed by atoms with Gasteiger partial charge in [-0.2, -0.15) is 13.2 Å². The number of benzene rings is 1. The second-order valence-corrected chi connectivity index (χ2v) is 4.34. The average Bonchev–Trinajstić information content (AvgIpc) is 2.38. The number of nitrogens with zero attached hydrogens (tertiary/aromatic N) is 1. The van der Waals surface area contributed by atoms with Crippen LogP contribution in [0.5, 0.6) is 11.6 Å². The summed E-state index contributed by atoms with van der Waals surface area (Å²) < 4.78 is 42.8. The van der Waals surface area contributed by atoms with Gasteiger partial charge in [-0.25, -0.2) is 4.98 Å². The van der Waals surface area contributed by atoms with E-state index >= 15 is 0 Å². The van der Waals surface area contributed by atoms with Gasteiger partial charge < -0.3 is 10.5 Å². The van der Waals surface area contributed by atoms with E-state index in [0.29, 0.717) is 5.69 Å². The number of hydrogen-bond acceptors (Lipinski definition) is 3. The minimum absolute atomic E-state index is 0.0854. The molecule has 0 saturated heterocycles. The Labute approximate surface area is 118 Å². The number of ether oxygens (including phenoxy) is 1. The Kier molecular flexibility index (Phi) is 3.84. The average molecular weight is 295 g/mol. The number of nitrogens with two attached hydrogens (primary N) is 1. The summed E-state index contributed by atoms with van der Waals surface area (Å²) in [6.45, 7) is 1.73. The number of nitrogen functional groups attached to an aromatic ring is 1. The summed E-state index contributed by atoms with van der Waals surface area (Å²) in [5.41, 5.74) is 5.57. The number of alkyl halides is 3. The molecule has 0 aliphatic heterocycles. The van der Waals surface area contributed by atoms with Gasteiger partial charge in [-0.05, 0) is 43.3 Å². The van der Waals surface area contributed by atoms with Gasteiger partial charge in [0, 0.05) is 5.69 Å². The molecule has 3 N–H and O–H groups in total. The van der Waals surface area contributed by atoms with E-state index in [1.165, 1.54) is 12.1 Å². The Morgan fingerprint density at radius 3 is 2.29 bits per heavy atom. The standard InChI is InChI=1S/C14H12F3N3O/c1-8-2-7-11(12(18)19)13(20-8)21-10-5-3-9(4-6-10)14(15,16)17/h2-7H,1H3,(H3,18,19). The fourth-order valence-electron chi connectivity index (χ4n) is 1.64. The van der Waals surface area contributed by atoms with Crippen molar-refractivity contribution in [1.82, 2.24) is 4.98 Å². The fourth-order valence-corrected chi connectivity index (χ4v) is 1.64. The second kappa shape index (κ2) is 5.43. The maximum absolute atomic E-state index is 12.5. The molecule has 1 aromatic heterocycles. The van der Waals surface area contributed by atoms with Crippen LogP contribution >= 0.6 is 0 Å². The lowest BCUT2D eigenvalue weighted by molar-refractivity contribution is -0.137. The topological polar surface area (TPSA) is 72.0 Å². The predicted octanol–water partition coefficient (Wildman–Crippen LogP) is 3.49. The first-order valence-electron chi connectivity index (χ1n) is 5.94. The highest BCUT2D eigenvalue weighted by Crippen LogP contribution is 2.31. The van der Waals surface area contributed by atoms with Crippen molar-refractivity contribution in [2.24, 2.45) is 5.73 Å². The molecule has 4 nitrogen and oxygen atoms in total. The smallest absolute Gasteiger partial charge is 0.416 e. The van der Waals surface area contributed by atoms with Crippen LogP contribution in [-0.2, 0) is 6.18 Å². The van der Waals surface area contributed by atoms with E-state index in [0.717, 1.165) is 12.1 Å².